The van der Waals surface area contributed by atoms with Crippen LogP contribution in [0, 0.1) is 27.8 Å². The minimum Gasteiger partial charge on any atom is -0.258 e. The monoisotopic (exact) mass is 273 g/mol. The molecule has 0 heterocycles. The quantitative estimate of drug-likeness (QED) is 0.459. The SMILES string of the molecule is CC(C)C(Cc1cccc([N+](=O)[O-])c1F)C(C)Cl. The fourth-order valence-corrected chi connectivity index (χ4v) is 2.43. The van der Waals surface area contributed by atoms with Gasteiger partial charge in [-0.2, -0.15) is 4.39 Å². The molecule has 0 aliphatic rings. The largest absolute Gasteiger partial charge is 0.305 e. The zero-order valence-corrected chi connectivity index (χ0v) is 11.4. The topological polar surface area (TPSA) is 43.1 Å². The molecule has 0 fully saturated rings. The zero-order chi connectivity index (χ0) is 13.9. The van der Waals surface area contributed by atoms with Crippen molar-refractivity contribution < 1.29 is 9.31 Å². The average molecular weight is 274 g/mol. The summed E-state index contributed by atoms with van der Waals surface area (Å²) in [4.78, 5) is 9.97. The van der Waals surface area contributed by atoms with E-state index >= 15 is 0 Å². The summed E-state index contributed by atoms with van der Waals surface area (Å²) in [5, 5.41) is 10.6. The van der Waals surface area contributed by atoms with E-state index in [1.807, 2.05) is 20.8 Å². The van der Waals surface area contributed by atoms with Crippen LogP contribution in [0.1, 0.15) is 26.3 Å². The Morgan fingerprint density at radius 1 is 1.39 bits per heavy atom. The molecule has 0 saturated heterocycles. The van der Waals surface area contributed by atoms with Gasteiger partial charge in [0, 0.05) is 11.4 Å². The standard InChI is InChI=1S/C13H17ClFNO2/c1-8(2)11(9(3)14)7-10-5-4-6-12(13(10)15)16(17)18/h4-6,8-9,11H,7H2,1-3H3. The fraction of sp³-hybridized carbons (Fsp3) is 0.538. The average Bonchev–Trinajstić information content (AvgIpc) is 2.26. The molecule has 0 N–H and O–H groups in total. The first-order chi connectivity index (χ1) is 8.34. The Morgan fingerprint density at radius 2 is 2.00 bits per heavy atom. The number of nitro benzene ring substituents is 1. The summed E-state index contributed by atoms with van der Waals surface area (Å²) in [6.07, 6.45) is 0.413. The van der Waals surface area contributed by atoms with Crippen LogP contribution in [0.25, 0.3) is 0 Å². The van der Waals surface area contributed by atoms with E-state index in [1.54, 1.807) is 6.07 Å². The van der Waals surface area contributed by atoms with Crippen LogP contribution in [0.3, 0.4) is 0 Å². The second kappa shape index (κ2) is 6.14. The van der Waals surface area contributed by atoms with Crippen molar-refractivity contribution in [3.05, 3.63) is 39.7 Å². The van der Waals surface area contributed by atoms with Crippen LogP contribution in [0.15, 0.2) is 18.2 Å². The molecule has 0 spiro atoms. The maximum Gasteiger partial charge on any atom is 0.305 e. The number of halogens is 2. The molecule has 0 aromatic heterocycles. The normalized spacial score (nSPS) is 14.6. The van der Waals surface area contributed by atoms with E-state index in [2.05, 4.69) is 0 Å². The third-order valence-corrected chi connectivity index (χ3v) is 3.48. The van der Waals surface area contributed by atoms with Crippen LogP contribution in [0.5, 0.6) is 0 Å². The van der Waals surface area contributed by atoms with E-state index in [4.69, 9.17) is 11.6 Å². The predicted molar refractivity (Wildman–Crippen MR) is 70.4 cm³/mol. The molecule has 18 heavy (non-hydrogen) atoms. The molecule has 2 unspecified atom stereocenters. The van der Waals surface area contributed by atoms with Gasteiger partial charge in [-0.15, -0.1) is 11.6 Å². The molecule has 100 valence electrons. The molecule has 0 amide bonds. The Balaban J connectivity index is 3.04. The number of nitro groups is 1. The molecule has 1 aromatic carbocycles. The van der Waals surface area contributed by atoms with Gasteiger partial charge in [0.1, 0.15) is 0 Å². The molecular formula is C13H17ClFNO2. The second-order valence-electron chi connectivity index (χ2n) is 4.80. The van der Waals surface area contributed by atoms with Gasteiger partial charge in [0.2, 0.25) is 5.82 Å². The highest BCUT2D eigenvalue weighted by molar-refractivity contribution is 6.20. The van der Waals surface area contributed by atoms with E-state index in [0.717, 1.165) is 0 Å². The molecule has 1 rings (SSSR count). The highest BCUT2D eigenvalue weighted by Crippen LogP contribution is 2.28. The van der Waals surface area contributed by atoms with Crippen molar-refractivity contribution in [2.24, 2.45) is 11.8 Å². The zero-order valence-electron chi connectivity index (χ0n) is 10.7. The molecule has 0 aliphatic carbocycles. The van der Waals surface area contributed by atoms with Gasteiger partial charge < -0.3 is 0 Å². The van der Waals surface area contributed by atoms with Crippen LogP contribution in [0.4, 0.5) is 10.1 Å². The molecule has 5 heteroatoms. The van der Waals surface area contributed by atoms with Crippen molar-refractivity contribution in [2.75, 3.05) is 0 Å². The van der Waals surface area contributed by atoms with E-state index in [9.17, 15) is 14.5 Å². The summed E-state index contributed by atoms with van der Waals surface area (Å²) in [5.41, 5.74) is -0.118. The lowest BCUT2D eigenvalue weighted by atomic mass is 9.86. The summed E-state index contributed by atoms with van der Waals surface area (Å²) in [5.74, 6) is -0.371. The van der Waals surface area contributed by atoms with Gasteiger partial charge in [0.25, 0.3) is 0 Å². The second-order valence-corrected chi connectivity index (χ2v) is 5.49. The van der Waals surface area contributed by atoms with Crippen LogP contribution in [-0.4, -0.2) is 10.3 Å². The first-order valence-corrected chi connectivity index (χ1v) is 6.34. The lowest BCUT2D eigenvalue weighted by Gasteiger charge is -2.23. The molecular weight excluding hydrogens is 257 g/mol. The first-order valence-electron chi connectivity index (χ1n) is 5.90. The number of nitrogens with zero attached hydrogens (tertiary/aromatic N) is 1. The van der Waals surface area contributed by atoms with Gasteiger partial charge in [-0.05, 0) is 30.7 Å². The minimum atomic E-state index is -0.745. The van der Waals surface area contributed by atoms with Gasteiger partial charge in [0.15, 0.2) is 0 Å². The minimum absolute atomic E-state index is 0.0863. The van der Waals surface area contributed by atoms with Gasteiger partial charge in [-0.25, -0.2) is 0 Å². The Hall–Kier alpha value is -1.16. The van der Waals surface area contributed by atoms with Crippen LogP contribution in [-0.2, 0) is 6.42 Å². The van der Waals surface area contributed by atoms with Crippen molar-refractivity contribution in [1.82, 2.24) is 0 Å². The van der Waals surface area contributed by atoms with Gasteiger partial charge in [-0.1, -0.05) is 26.0 Å². The Morgan fingerprint density at radius 3 is 2.44 bits per heavy atom. The highest BCUT2D eigenvalue weighted by atomic mass is 35.5. The summed E-state index contributed by atoms with van der Waals surface area (Å²) in [6, 6.07) is 4.26. The molecule has 2 atom stereocenters. The number of hydrogen-bond acceptors (Lipinski definition) is 2. The number of alkyl halides is 1. The smallest absolute Gasteiger partial charge is 0.258 e. The van der Waals surface area contributed by atoms with Gasteiger partial charge in [0.05, 0.1) is 4.92 Å². The summed E-state index contributed by atoms with van der Waals surface area (Å²) in [6.45, 7) is 5.89. The molecule has 0 radical (unpaired) electrons. The van der Waals surface area contributed by atoms with Gasteiger partial charge in [-0.3, -0.25) is 10.1 Å². The Labute approximate surface area is 111 Å². The van der Waals surface area contributed by atoms with Crippen molar-refractivity contribution in [1.29, 1.82) is 0 Å². The molecule has 1 aromatic rings. The molecule has 0 saturated carbocycles. The molecule has 3 nitrogen and oxygen atoms in total. The Kier molecular flexibility index (Phi) is 5.08. The number of rotatable bonds is 5. The van der Waals surface area contributed by atoms with Crippen molar-refractivity contribution >= 4 is 17.3 Å². The lowest BCUT2D eigenvalue weighted by molar-refractivity contribution is -0.387. The first kappa shape index (κ1) is 14.9. The lowest BCUT2D eigenvalue weighted by Crippen LogP contribution is -2.21. The van der Waals surface area contributed by atoms with Crippen LogP contribution >= 0.6 is 11.6 Å². The third-order valence-electron chi connectivity index (χ3n) is 3.16. The molecule has 0 aliphatic heterocycles. The van der Waals surface area contributed by atoms with E-state index in [0.29, 0.717) is 12.0 Å². The van der Waals surface area contributed by atoms with Crippen LogP contribution < -0.4 is 0 Å². The number of hydrogen-bond donors (Lipinski definition) is 0. The Bertz CT molecular complexity index is 427. The van der Waals surface area contributed by atoms with Crippen molar-refractivity contribution in [3.63, 3.8) is 0 Å². The van der Waals surface area contributed by atoms with Gasteiger partial charge >= 0.3 is 5.69 Å². The third kappa shape index (κ3) is 3.42. The van der Waals surface area contributed by atoms with Crippen molar-refractivity contribution in [2.45, 2.75) is 32.6 Å². The number of benzene rings is 1. The van der Waals surface area contributed by atoms with Crippen molar-refractivity contribution in [3.8, 4) is 0 Å². The summed E-state index contributed by atoms with van der Waals surface area (Å²) in [7, 11) is 0. The fourth-order valence-electron chi connectivity index (χ4n) is 2.05. The predicted octanol–water partition coefficient (Wildman–Crippen LogP) is 4.18. The summed E-state index contributed by atoms with van der Waals surface area (Å²) < 4.78 is 13.9. The summed E-state index contributed by atoms with van der Waals surface area (Å²) >= 11 is 6.09. The van der Waals surface area contributed by atoms with Crippen LogP contribution in [0.2, 0.25) is 0 Å². The maximum atomic E-state index is 13.9. The van der Waals surface area contributed by atoms with E-state index in [-0.39, 0.29) is 17.2 Å². The molecule has 0 bridgehead atoms. The highest BCUT2D eigenvalue weighted by Gasteiger charge is 2.24. The van der Waals surface area contributed by atoms with E-state index in [1.165, 1.54) is 12.1 Å². The maximum absolute atomic E-state index is 13.9. The van der Waals surface area contributed by atoms with E-state index < -0.39 is 16.4 Å².